The highest BCUT2D eigenvalue weighted by atomic mass is 16.3. The average molecular weight is 128 g/mol. The van der Waals surface area contributed by atoms with Gasteiger partial charge in [0.25, 0.3) is 0 Å². The monoisotopic (exact) mass is 128 g/mol. The molecule has 2 atom stereocenters. The fraction of sp³-hybridized carbons (Fsp3) is 0.857. The topological polar surface area (TPSA) is 37.3 Å². The second-order valence-electron chi connectivity index (χ2n) is 3.32. The molecule has 1 fully saturated rings. The van der Waals surface area contributed by atoms with E-state index in [1.165, 1.54) is 0 Å². The van der Waals surface area contributed by atoms with Crippen molar-refractivity contribution in [3.05, 3.63) is 0 Å². The van der Waals surface area contributed by atoms with Gasteiger partial charge in [-0.25, -0.2) is 0 Å². The van der Waals surface area contributed by atoms with Gasteiger partial charge in [0.05, 0.1) is 11.5 Å². The zero-order valence-corrected chi connectivity index (χ0v) is 6.01. The van der Waals surface area contributed by atoms with Crippen LogP contribution in [0.25, 0.3) is 0 Å². The van der Waals surface area contributed by atoms with E-state index < -0.39 is 11.5 Å². The van der Waals surface area contributed by atoms with Gasteiger partial charge in [-0.2, -0.15) is 0 Å². The molecule has 1 N–H and O–H groups in total. The Kier molecular flexibility index (Phi) is 1.17. The summed E-state index contributed by atoms with van der Waals surface area (Å²) in [7, 11) is 0. The summed E-state index contributed by atoms with van der Waals surface area (Å²) in [5, 5.41) is 9.19. The Hall–Kier alpha value is -0.370. The second-order valence-corrected chi connectivity index (χ2v) is 3.32. The summed E-state index contributed by atoms with van der Waals surface area (Å²) >= 11 is 0. The third kappa shape index (κ3) is 0.628. The standard InChI is InChI=1S/C7H12O2/c1-4-5(8)7(2,3)6(4)9/h4-5,8H,1-3H3. The highest BCUT2D eigenvalue weighted by Crippen LogP contribution is 2.40. The normalized spacial score (nSPS) is 40.2. The van der Waals surface area contributed by atoms with Crippen molar-refractivity contribution in [2.75, 3.05) is 0 Å². The Labute approximate surface area is 54.9 Å². The number of hydrogen-bond acceptors (Lipinski definition) is 2. The van der Waals surface area contributed by atoms with Crippen LogP contribution in [0.1, 0.15) is 20.8 Å². The van der Waals surface area contributed by atoms with Crippen LogP contribution in [0.2, 0.25) is 0 Å². The molecule has 0 aliphatic heterocycles. The van der Waals surface area contributed by atoms with Crippen molar-refractivity contribution in [2.24, 2.45) is 11.3 Å². The fourth-order valence-corrected chi connectivity index (χ4v) is 1.40. The van der Waals surface area contributed by atoms with E-state index in [2.05, 4.69) is 0 Å². The van der Waals surface area contributed by atoms with Crippen LogP contribution >= 0.6 is 0 Å². The lowest BCUT2D eigenvalue weighted by atomic mass is 9.61. The van der Waals surface area contributed by atoms with Gasteiger partial charge < -0.3 is 5.11 Å². The molecule has 0 heterocycles. The third-order valence-electron chi connectivity index (χ3n) is 2.26. The van der Waals surface area contributed by atoms with Crippen molar-refractivity contribution in [1.82, 2.24) is 0 Å². The summed E-state index contributed by atoms with van der Waals surface area (Å²) in [5.41, 5.74) is -0.473. The lowest BCUT2D eigenvalue weighted by molar-refractivity contribution is -0.162. The Morgan fingerprint density at radius 1 is 1.56 bits per heavy atom. The van der Waals surface area contributed by atoms with E-state index in [-0.39, 0.29) is 11.7 Å². The first-order chi connectivity index (χ1) is 3.98. The van der Waals surface area contributed by atoms with Gasteiger partial charge in [-0.05, 0) is 0 Å². The van der Waals surface area contributed by atoms with Crippen LogP contribution in [0.5, 0.6) is 0 Å². The van der Waals surface area contributed by atoms with Gasteiger partial charge >= 0.3 is 0 Å². The van der Waals surface area contributed by atoms with Gasteiger partial charge in [0, 0.05) is 5.92 Å². The van der Waals surface area contributed by atoms with E-state index in [0.29, 0.717) is 0 Å². The highest BCUT2D eigenvalue weighted by Gasteiger charge is 2.52. The molecule has 0 aromatic rings. The number of carbonyl (C=O) groups is 1. The summed E-state index contributed by atoms with van der Waals surface area (Å²) in [6.45, 7) is 5.32. The molecule has 9 heavy (non-hydrogen) atoms. The van der Waals surface area contributed by atoms with Gasteiger partial charge in [0.2, 0.25) is 0 Å². The van der Waals surface area contributed by atoms with E-state index >= 15 is 0 Å². The first-order valence-electron chi connectivity index (χ1n) is 3.20. The molecule has 0 bridgehead atoms. The van der Waals surface area contributed by atoms with Crippen LogP contribution in [0.3, 0.4) is 0 Å². The molecule has 1 saturated carbocycles. The molecule has 0 aromatic carbocycles. The number of carbonyl (C=O) groups excluding carboxylic acids is 1. The van der Waals surface area contributed by atoms with Crippen molar-refractivity contribution in [3.8, 4) is 0 Å². The maximum absolute atomic E-state index is 10.9. The molecular weight excluding hydrogens is 116 g/mol. The van der Waals surface area contributed by atoms with E-state index in [9.17, 15) is 9.90 Å². The van der Waals surface area contributed by atoms with Crippen LogP contribution in [0.15, 0.2) is 0 Å². The zero-order chi connectivity index (χ0) is 7.23. The first-order valence-corrected chi connectivity index (χ1v) is 3.20. The van der Waals surface area contributed by atoms with E-state index in [0.717, 1.165) is 0 Å². The minimum atomic E-state index is -0.473. The van der Waals surface area contributed by atoms with Gasteiger partial charge in [0.15, 0.2) is 0 Å². The molecule has 1 aliphatic rings. The van der Waals surface area contributed by atoms with Crippen molar-refractivity contribution in [3.63, 3.8) is 0 Å². The Balaban J connectivity index is 2.73. The number of ketones is 1. The van der Waals surface area contributed by atoms with E-state index in [4.69, 9.17) is 0 Å². The van der Waals surface area contributed by atoms with E-state index in [1.807, 2.05) is 0 Å². The summed E-state index contributed by atoms with van der Waals surface area (Å²) in [6, 6.07) is 0. The number of Topliss-reactive ketones (excluding diaryl/α,β-unsaturated/α-hetero) is 1. The maximum atomic E-state index is 10.9. The predicted molar refractivity (Wildman–Crippen MR) is 34.0 cm³/mol. The highest BCUT2D eigenvalue weighted by molar-refractivity contribution is 5.93. The minimum absolute atomic E-state index is 0.139. The predicted octanol–water partition coefficient (Wildman–Crippen LogP) is 0.592. The number of hydrogen-bond donors (Lipinski definition) is 1. The SMILES string of the molecule is CC1C(=O)C(C)(C)C1O. The molecular formula is C7H12O2. The van der Waals surface area contributed by atoms with Crippen LogP contribution in [-0.2, 0) is 4.79 Å². The number of aliphatic hydroxyl groups is 1. The third-order valence-corrected chi connectivity index (χ3v) is 2.26. The van der Waals surface area contributed by atoms with Crippen LogP contribution in [0, 0.1) is 11.3 Å². The summed E-state index contributed by atoms with van der Waals surface area (Å²) in [6.07, 6.45) is -0.426. The number of rotatable bonds is 0. The minimum Gasteiger partial charge on any atom is -0.391 e. The zero-order valence-electron chi connectivity index (χ0n) is 6.01. The first kappa shape index (κ1) is 6.75. The molecule has 0 amide bonds. The number of aliphatic hydroxyl groups excluding tert-OH is 1. The second kappa shape index (κ2) is 1.57. The largest absolute Gasteiger partial charge is 0.391 e. The molecule has 2 nitrogen and oxygen atoms in total. The van der Waals surface area contributed by atoms with Gasteiger partial charge in [-0.3, -0.25) is 4.79 Å². The summed E-state index contributed by atoms with van der Waals surface area (Å²) in [5.74, 6) is 0.0370. The smallest absolute Gasteiger partial charge is 0.146 e. The van der Waals surface area contributed by atoms with Crippen molar-refractivity contribution < 1.29 is 9.90 Å². The van der Waals surface area contributed by atoms with Gasteiger partial charge in [-0.15, -0.1) is 0 Å². The van der Waals surface area contributed by atoms with Gasteiger partial charge in [0.1, 0.15) is 5.78 Å². The van der Waals surface area contributed by atoms with Crippen molar-refractivity contribution >= 4 is 5.78 Å². The molecule has 0 spiro atoms. The van der Waals surface area contributed by atoms with Crippen LogP contribution in [0.4, 0.5) is 0 Å². The van der Waals surface area contributed by atoms with Crippen LogP contribution < -0.4 is 0 Å². The van der Waals surface area contributed by atoms with E-state index in [1.54, 1.807) is 20.8 Å². The molecule has 52 valence electrons. The Bertz CT molecular complexity index is 149. The average Bonchev–Trinajstić information content (AvgIpc) is 1.84. The quantitative estimate of drug-likeness (QED) is 0.518. The Morgan fingerprint density at radius 3 is 2.11 bits per heavy atom. The molecule has 1 aliphatic carbocycles. The van der Waals surface area contributed by atoms with Crippen molar-refractivity contribution in [1.29, 1.82) is 0 Å². The molecule has 0 aromatic heterocycles. The molecule has 2 unspecified atom stereocenters. The lowest BCUT2D eigenvalue weighted by Crippen LogP contribution is -2.57. The summed E-state index contributed by atoms with van der Waals surface area (Å²) in [4.78, 5) is 10.9. The maximum Gasteiger partial charge on any atom is 0.146 e. The van der Waals surface area contributed by atoms with Crippen molar-refractivity contribution in [2.45, 2.75) is 26.9 Å². The Morgan fingerprint density at radius 2 is 2.00 bits per heavy atom. The fourth-order valence-electron chi connectivity index (χ4n) is 1.40. The molecule has 1 rings (SSSR count). The van der Waals surface area contributed by atoms with Crippen LogP contribution in [-0.4, -0.2) is 17.0 Å². The molecule has 2 heteroatoms. The molecule has 0 radical (unpaired) electrons. The van der Waals surface area contributed by atoms with Gasteiger partial charge in [-0.1, -0.05) is 20.8 Å². The lowest BCUT2D eigenvalue weighted by Gasteiger charge is -2.44. The summed E-state index contributed by atoms with van der Waals surface area (Å²) < 4.78 is 0. The molecule has 0 saturated heterocycles.